The molecule has 0 aliphatic rings. The number of ether oxygens (including phenoxy) is 1. The highest BCUT2D eigenvalue weighted by Gasteiger charge is 2.03. The molecule has 0 unspecified atom stereocenters. The van der Waals surface area contributed by atoms with Crippen molar-refractivity contribution in [2.75, 3.05) is 0 Å². The zero-order chi connectivity index (χ0) is 15.2. The predicted molar refractivity (Wildman–Crippen MR) is 86.7 cm³/mol. The van der Waals surface area contributed by atoms with Crippen LogP contribution in [0.2, 0.25) is 15.1 Å². The van der Waals surface area contributed by atoms with Crippen molar-refractivity contribution in [2.24, 2.45) is 0 Å². The van der Waals surface area contributed by atoms with Gasteiger partial charge in [-0.2, -0.15) is 0 Å². The molecule has 0 aliphatic heterocycles. The van der Waals surface area contributed by atoms with Gasteiger partial charge >= 0.3 is 5.97 Å². The molecule has 108 valence electrons. The monoisotopic (exact) mass is 340 g/mol. The maximum atomic E-state index is 11.6. The molecule has 0 fully saturated rings. The third-order valence-corrected chi connectivity index (χ3v) is 3.79. The summed E-state index contributed by atoms with van der Waals surface area (Å²) in [6.45, 7) is 0.129. The summed E-state index contributed by atoms with van der Waals surface area (Å²) >= 11 is 17.7. The Balaban J connectivity index is 1.94. The minimum Gasteiger partial charge on any atom is -0.458 e. The molecule has 5 heteroatoms. The maximum Gasteiger partial charge on any atom is 0.331 e. The smallest absolute Gasteiger partial charge is 0.331 e. The fourth-order valence-corrected chi connectivity index (χ4v) is 2.09. The van der Waals surface area contributed by atoms with Crippen molar-refractivity contribution >= 4 is 46.8 Å². The largest absolute Gasteiger partial charge is 0.458 e. The lowest BCUT2D eigenvalue weighted by molar-refractivity contribution is -0.138. The fraction of sp³-hybridized carbons (Fsp3) is 0.0625. The van der Waals surface area contributed by atoms with E-state index in [0.29, 0.717) is 15.1 Å². The van der Waals surface area contributed by atoms with Crippen LogP contribution >= 0.6 is 34.8 Å². The lowest BCUT2D eigenvalue weighted by Gasteiger charge is -2.04. The van der Waals surface area contributed by atoms with Crippen LogP contribution in [0, 0.1) is 0 Å². The van der Waals surface area contributed by atoms with Crippen LogP contribution in [0.3, 0.4) is 0 Å². The first-order valence-electron chi connectivity index (χ1n) is 6.09. The van der Waals surface area contributed by atoms with Crippen LogP contribution in [0.1, 0.15) is 11.1 Å². The number of carbonyl (C=O) groups excluding carboxylic acids is 1. The Hall–Kier alpha value is -1.48. The summed E-state index contributed by atoms with van der Waals surface area (Å²) in [5, 5.41) is 1.47. The molecule has 0 saturated carbocycles. The van der Waals surface area contributed by atoms with Crippen LogP contribution in [-0.2, 0) is 16.1 Å². The van der Waals surface area contributed by atoms with E-state index >= 15 is 0 Å². The second kappa shape index (κ2) is 7.51. The topological polar surface area (TPSA) is 26.3 Å². The van der Waals surface area contributed by atoms with E-state index in [2.05, 4.69) is 0 Å². The van der Waals surface area contributed by atoms with Crippen molar-refractivity contribution in [2.45, 2.75) is 6.61 Å². The average Bonchev–Trinajstić information content (AvgIpc) is 2.47. The Morgan fingerprint density at radius 3 is 2.48 bits per heavy atom. The molecule has 0 saturated heterocycles. The molecular weight excluding hydrogens is 331 g/mol. The highest BCUT2D eigenvalue weighted by atomic mass is 35.5. The highest BCUT2D eigenvalue weighted by molar-refractivity contribution is 6.42. The Bertz CT molecular complexity index is 681. The van der Waals surface area contributed by atoms with Gasteiger partial charge in [-0.05, 0) is 29.8 Å². The van der Waals surface area contributed by atoms with Gasteiger partial charge in [-0.1, -0.05) is 59.1 Å². The summed E-state index contributed by atoms with van der Waals surface area (Å²) in [5.74, 6) is -0.457. The van der Waals surface area contributed by atoms with E-state index in [9.17, 15) is 4.79 Å². The molecule has 0 N–H and O–H groups in total. The second-order valence-electron chi connectivity index (χ2n) is 4.21. The van der Waals surface area contributed by atoms with Crippen molar-refractivity contribution in [3.63, 3.8) is 0 Å². The van der Waals surface area contributed by atoms with Gasteiger partial charge in [0.05, 0.1) is 10.0 Å². The second-order valence-corrected chi connectivity index (χ2v) is 5.43. The lowest BCUT2D eigenvalue weighted by atomic mass is 10.2. The molecule has 2 rings (SSSR count). The van der Waals surface area contributed by atoms with Crippen LogP contribution in [0.5, 0.6) is 0 Å². The summed E-state index contributed by atoms with van der Waals surface area (Å²) in [6.07, 6.45) is 2.94. The standard InChI is InChI=1S/C16H11Cl3O2/c17-13-4-2-1-3-12(13)10-21-16(20)8-6-11-5-7-14(18)15(19)9-11/h1-9H,10H2. The van der Waals surface area contributed by atoms with E-state index in [1.807, 2.05) is 12.1 Å². The molecule has 2 nitrogen and oxygen atoms in total. The molecule has 0 amide bonds. The molecule has 0 aliphatic carbocycles. The molecule has 0 heterocycles. The summed E-state index contributed by atoms with van der Waals surface area (Å²) in [5.41, 5.74) is 1.52. The molecule has 2 aromatic rings. The number of esters is 1. The van der Waals surface area contributed by atoms with Crippen LogP contribution < -0.4 is 0 Å². The van der Waals surface area contributed by atoms with Gasteiger partial charge in [0.15, 0.2) is 0 Å². The third-order valence-electron chi connectivity index (χ3n) is 2.68. The summed E-state index contributed by atoms with van der Waals surface area (Å²) < 4.78 is 5.12. The van der Waals surface area contributed by atoms with Crippen molar-refractivity contribution in [1.82, 2.24) is 0 Å². The predicted octanol–water partition coefficient (Wildman–Crippen LogP) is 5.40. The first-order valence-corrected chi connectivity index (χ1v) is 7.23. The molecule has 2 aromatic carbocycles. The zero-order valence-electron chi connectivity index (χ0n) is 10.9. The molecule has 0 atom stereocenters. The Morgan fingerprint density at radius 1 is 1.00 bits per heavy atom. The third kappa shape index (κ3) is 4.78. The number of benzene rings is 2. The van der Waals surface area contributed by atoms with Gasteiger partial charge in [0.2, 0.25) is 0 Å². The van der Waals surface area contributed by atoms with Gasteiger partial charge in [-0.15, -0.1) is 0 Å². The molecule has 21 heavy (non-hydrogen) atoms. The quantitative estimate of drug-likeness (QED) is 0.549. The Morgan fingerprint density at radius 2 is 1.76 bits per heavy atom. The molecular formula is C16H11Cl3O2. The summed E-state index contributed by atoms with van der Waals surface area (Å²) in [7, 11) is 0. The van der Waals surface area contributed by atoms with Crippen LogP contribution in [0.25, 0.3) is 6.08 Å². The minimum absolute atomic E-state index is 0.129. The Labute approximate surface area is 137 Å². The van der Waals surface area contributed by atoms with Gasteiger partial charge in [-0.3, -0.25) is 0 Å². The highest BCUT2D eigenvalue weighted by Crippen LogP contribution is 2.23. The van der Waals surface area contributed by atoms with Crippen molar-refractivity contribution in [3.8, 4) is 0 Å². The molecule has 0 spiro atoms. The van der Waals surface area contributed by atoms with Crippen LogP contribution in [0.4, 0.5) is 0 Å². The van der Waals surface area contributed by atoms with Gasteiger partial charge in [0.25, 0.3) is 0 Å². The van der Waals surface area contributed by atoms with E-state index in [1.165, 1.54) is 6.08 Å². The van der Waals surface area contributed by atoms with Gasteiger partial charge < -0.3 is 4.74 Å². The maximum absolute atomic E-state index is 11.6. The zero-order valence-corrected chi connectivity index (χ0v) is 13.1. The minimum atomic E-state index is -0.457. The lowest BCUT2D eigenvalue weighted by Crippen LogP contribution is -2.01. The first-order chi connectivity index (χ1) is 10.1. The SMILES string of the molecule is O=C(C=Cc1ccc(Cl)c(Cl)c1)OCc1ccccc1Cl. The van der Waals surface area contributed by atoms with Crippen LogP contribution in [-0.4, -0.2) is 5.97 Å². The molecule has 0 bridgehead atoms. The summed E-state index contributed by atoms with van der Waals surface area (Å²) in [4.78, 5) is 11.6. The molecule has 0 aromatic heterocycles. The van der Waals surface area contributed by atoms with E-state index in [0.717, 1.165) is 11.1 Å². The van der Waals surface area contributed by atoms with E-state index in [1.54, 1.807) is 36.4 Å². The number of hydrogen-bond acceptors (Lipinski definition) is 2. The van der Waals surface area contributed by atoms with E-state index in [4.69, 9.17) is 39.5 Å². The van der Waals surface area contributed by atoms with E-state index < -0.39 is 5.97 Å². The van der Waals surface area contributed by atoms with Crippen molar-refractivity contribution in [1.29, 1.82) is 0 Å². The van der Waals surface area contributed by atoms with Gasteiger partial charge in [-0.25, -0.2) is 4.79 Å². The number of halogens is 3. The van der Waals surface area contributed by atoms with Crippen molar-refractivity contribution < 1.29 is 9.53 Å². The van der Waals surface area contributed by atoms with Gasteiger partial charge in [0.1, 0.15) is 6.61 Å². The summed E-state index contributed by atoms with van der Waals surface area (Å²) in [6, 6.07) is 12.3. The number of rotatable bonds is 4. The number of carbonyl (C=O) groups is 1. The first kappa shape index (κ1) is 15.9. The van der Waals surface area contributed by atoms with E-state index in [-0.39, 0.29) is 6.61 Å². The van der Waals surface area contributed by atoms with Crippen LogP contribution in [0.15, 0.2) is 48.5 Å². The Kier molecular flexibility index (Phi) is 5.68. The van der Waals surface area contributed by atoms with Crippen molar-refractivity contribution in [3.05, 3.63) is 74.7 Å². The fourth-order valence-electron chi connectivity index (χ4n) is 1.59. The van der Waals surface area contributed by atoms with Gasteiger partial charge in [0, 0.05) is 16.7 Å². The normalized spacial score (nSPS) is 10.8. The average molecular weight is 342 g/mol. The molecule has 0 radical (unpaired) electrons. The number of hydrogen-bond donors (Lipinski definition) is 0.